The number of nitrogens with zero attached hydrogens (tertiary/aromatic N) is 2. The van der Waals surface area contributed by atoms with Crippen molar-refractivity contribution in [2.24, 2.45) is 4.99 Å². The van der Waals surface area contributed by atoms with Gasteiger partial charge in [-0.3, -0.25) is 9.89 Å². The molecule has 58 valence electrons. The van der Waals surface area contributed by atoms with Gasteiger partial charge in [-0.1, -0.05) is 0 Å². The van der Waals surface area contributed by atoms with E-state index in [0.717, 1.165) is 6.08 Å². The van der Waals surface area contributed by atoms with Crippen LogP contribution >= 0.6 is 0 Å². The zero-order valence-corrected chi connectivity index (χ0v) is 5.37. The lowest BCUT2D eigenvalue weighted by atomic mass is 10.4. The Morgan fingerprint density at radius 1 is 1.73 bits per heavy atom. The largest absolute Gasteiger partial charge is 0.412 e. The van der Waals surface area contributed by atoms with Crippen LogP contribution in [0.5, 0.6) is 0 Å². The maximum atomic E-state index is 10.6. The van der Waals surface area contributed by atoms with E-state index in [1.54, 1.807) is 0 Å². The topological polar surface area (TPSA) is 107 Å². The van der Waals surface area contributed by atoms with Crippen molar-refractivity contribution in [3.8, 4) is 0 Å². The van der Waals surface area contributed by atoms with Crippen LogP contribution in [-0.2, 0) is 4.79 Å². The summed E-state index contributed by atoms with van der Waals surface area (Å²) in [6, 6.07) is 1.42. The standard InChI is InChI=1S/C5H3N3O2.H2O/c9-3-6-5(10)4-1-2-7-8-4;/h1-2H,(H,7,8);1H2. The van der Waals surface area contributed by atoms with E-state index in [0.29, 0.717) is 0 Å². The van der Waals surface area contributed by atoms with Gasteiger partial charge in [0, 0.05) is 6.20 Å². The highest BCUT2D eigenvalue weighted by atomic mass is 16.2. The molecule has 1 heterocycles. The Bertz CT molecular complexity index is 273. The van der Waals surface area contributed by atoms with Crippen LogP contribution in [0.1, 0.15) is 10.5 Å². The van der Waals surface area contributed by atoms with Crippen molar-refractivity contribution in [1.82, 2.24) is 10.2 Å². The minimum absolute atomic E-state index is 0. The molecule has 0 bridgehead atoms. The van der Waals surface area contributed by atoms with E-state index in [2.05, 4.69) is 15.2 Å². The van der Waals surface area contributed by atoms with E-state index >= 15 is 0 Å². The summed E-state index contributed by atoms with van der Waals surface area (Å²) in [6.45, 7) is 0. The molecular formula is C5H5N3O3. The van der Waals surface area contributed by atoms with Gasteiger partial charge in [-0.2, -0.15) is 5.10 Å². The van der Waals surface area contributed by atoms with Gasteiger partial charge < -0.3 is 5.48 Å². The van der Waals surface area contributed by atoms with Gasteiger partial charge >= 0.3 is 5.91 Å². The predicted octanol–water partition coefficient (Wildman–Crippen LogP) is -0.939. The molecule has 0 radical (unpaired) electrons. The fourth-order valence-corrected chi connectivity index (χ4v) is 0.477. The minimum Gasteiger partial charge on any atom is -0.412 e. The van der Waals surface area contributed by atoms with Crippen molar-refractivity contribution in [1.29, 1.82) is 0 Å². The molecule has 1 aromatic rings. The second-order valence-corrected chi connectivity index (χ2v) is 1.48. The predicted molar refractivity (Wildman–Crippen MR) is 34.7 cm³/mol. The van der Waals surface area contributed by atoms with Crippen molar-refractivity contribution in [2.75, 3.05) is 0 Å². The van der Waals surface area contributed by atoms with Crippen LogP contribution < -0.4 is 0 Å². The van der Waals surface area contributed by atoms with Crippen LogP contribution in [0.4, 0.5) is 0 Å². The van der Waals surface area contributed by atoms with Crippen molar-refractivity contribution >= 4 is 12.0 Å². The maximum absolute atomic E-state index is 10.6. The van der Waals surface area contributed by atoms with Crippen LogP contribution in [0.3, 0.4) is 0 Å². The van der Waals surface area contributed by atoms with E-state index in [1.165, 1.54) is 12.3 Å². The van der Waals surface area contributed by atoms with Gasteiger partial charge in [-0.05, 0) is 6.07 Å². The van der Waals surface area contributed by atoms with Gasteiger partial charge in [0.2, 0.25) is 6.08 Å². The second kappa shape index (κ2) is 4.10. The fourth-order valence-electron chi connectivity index (χ4n) is 0.477. The van der Waals surface area contributed by atoms with Crippen molar-refractivity contribution in [3.05, 3.63) is 18.0 Å². The molecule has 11 heavy (non-hydrogen) atoms. The molecule has 0 aromatic carbocycles. The van der Waals surface area contributed by atoms with Gasteiger partial charge in [-0.15, -0.1) is 4.99 Å². The molecule has 1 rings (SSSR count). The molecule has 0 unspecified atom stereocenters. The van der Waals surface area contributed by atoms with Gasteiger partial charge in [0.15, 0.2) is 0 Å². The highest BCUT2D eigenvalue weighted by molar-refractivity contribution is 5.95. The summed E-state index contributed by atoms with van der Waals surface area (Å²) in [4.78, 5) is 23.0. The first-order valence-corrected chi connectivity index (χ1v) is 2.46. The molecule has 3 N–H and O–H groups in total. The molecule has 1 amide bonds. The van der Waals surface area contributed by atoms with Crippen molar-refractivity contribution in [2.45, 2.75) is 0 Å². The Morgan fingerprint density at radius 2 is 2.45 bits per heavy atom. The molecule has 1 aromatic heterocycles. The number of hydrogen-bond acceptors (Lipinski definition) is 3. The Labute approximate surface area is 61.3 Å². The summed E-state index contributed by atoms with van der Waals surface area (Å²) < 4.78 is 0. The summed E-state index contributed by atoms with van der Waals surface area (Å²) in [5.74, 6) is -0.660. The van der Waals surface area contributed by atoms with Crippen LogP contribution in [0.15, 0.2) is 17.3 Å². The third-order valence-corrected chi connectivity index (χ3v) is 0.878. The summed E-state index contributed by atoms with van der Waals surface area (Å²) in [6.07, 6.45) is 2.53. The number of aliphatic imine (C=N–C) groups is 1. The average molecular weight is 155 g/mol. The van der Waals surface area contributed by atoms with Crippen molar-refractivity contribution in [3.63, 3.8) is 0 Å². The number of H-pyrrole nitrogens is 1. The quantitative estimate of drug-likeness (QED) is 0.417. The Kier molecular flexibility index (Phi) is 3.44. The zero-order chi connectivity index (χ0) is 7.40. The summed E-state index contributed by atoms with van der Waals surface area (Å²) >= 11 is 0. The van der Waals surface area contributed by atoms with Crippen LogP contribution in [-0.4, -0.2) is 27.7 Å². The number of carbonyl (C=O) groups excluding carboxylic acids is 2. The highest BCUT2D eigenvalue weighted by Crippen LogP contribution is 1.92. The van der Waals surface area contributed by atoms with E-state index in [-0.39, 0.29) is 11.2 Å². The number of rotatable bonds is 1. The van der Waals surface area contributed by atoms with Crippen LogP contribution in [0.25, 0.3) is 0 Å². The summed E-state index contributed by atoms with van der Waals surface area (Å²) in [7, 11) is 0. The molecule has 0 saturated carbocycles. The first kappa shape index (κ1) is 9.22. The molecule has 0 spiro atoms. The lowest BCUT2D eigenvalue weighted by molar-refractivity contribution is 0.0998. The smallest absolute Gasteiger partial charge is 0.305 e. The van der Waals surface area contributed by atoms with Crippen molar-refractivity contribution < 1.29 is 15.1 Å². The highest BCUT2D eigenvalue weighted by Gasteiger charge is 2.02. The first-order valence-electron chi connectivity index (χ1n) is 2.46. The van der Waals surface area contributed by atoms with E-state index < -0.39 is 5.91 Å². The number of hydrogen-bond donors (Lipinski definition) is 1. The van der Waals surface area contributed by atoms with E-state index in [1.807, 2.05) is 0 Å². The van der Waals surface area contributed by atoms with Gasteiger partial charge in [0.1, 0.15) is 5.69 Å². The number of carbonyl (C=O) groups is 1. The van der Waals surface area contributed by atoms with Crippen LogP contribution in [0, 0.1) is 0 Å². The summed E-state index contributed by atoms with van der Waals surface area (Å²) in [5.41, 5.74) is 0.184. The fraction of sp³-hybridized carbons (Fsp3) is 0. The lowest BCUT2D eigenvalue weighted by Crippen LogP contribution is -1.93. The molecule has 0 aliphatic rings. The first-order chi connectivity index (χ1) is 4.84. The number of isocyanates is 1. The Hall–Kier alpha value is -1.78. The third kappa shape index (κ3) is 2.13. The zero-order valence-electron chi connectivity index (χ0n) is 5.37. The molecule has 6 heteroatoms. The second-order valence-electron chi connectivity index (χ2n) is 1.48. The molecule has 0 saturated heterocycles. The van der Waals surface area contributed by atoms with E-state index in [4.69, 9.17) is 0 Å². The van der Waals surface area contributed by atoms with Gasteiger partial charge in [-0.25, -0.2) is 4.79 Å². The molecule has 0 aliphatic heterocycles. The number of aromatic nitrogens is 2. The molecule has 0 aliphatic carbocycles. The summed E-state index contributed by atoms with van der Waals surface area (Å²) in [5, 5.41) is 5.84. The van der Waals surface area contributed by atoms with Gasteiger partial charge in [0.25, 0.3) is 0 Å². The number of amides is 1. The molecule has 0 atom stereocenters. The monoisotopic (exact) mass is 155 g/mol. The number of aromatic amines is 1. The van der Waals surface area contributed by atoms with Gasteiger partial charge in [0.05, 0.1) is 0 Å². The minimum atomic E-state index is -0.660. The maximum Gasteiger partial charge on any atom is 0.305 e. The normalized spacial score (nSPS) is 7.64. The molecule has 6 nitrogen and oxygen atoms in total. The number of nitrogens with one attached hydrogen (secondary N) is 1. The lowest BCUT2D eigenvalue weighted by Gasteiger charge is -1.80. The van der Waals surface area contributed by atoms with E-state index in [9.17, 15) is 9.59 Å². The third-order valence-electron chi connectivity index (χ3n) is 0.878. The van der Waals surface area contributed by atoms with Crippen LogP contribution in [0.2, 0.25) is 0 Å². The Morgan fingerprint density at radius 3 is 2.91 bits per heavy atom. The average Bonchev–Trinajstić information content (AvgIpc) is 2.38. The molecular weight excluding hydrogens is 150 g/mol. The molecule has 0 fully saturated rings. The SMILES string of the molecule is O.O=C=NC(=O)c1ccn[nH]1. The Balaban J connectivity index is 0.000001000.